The smallest absolute Gasteiger partial charge is 0.306 e. The number of carbonyl (C=O) groups is 1. The van der Waals surface area contributed by atoms with E-state index in [0.29, 0.717) is 17.6 Å². The predicted molar refractivity (Wildman–Crippen MR) is 55.1 cm³/mol. The molecular weight excluding hydrogens is 182 g/mol. The van der Waals surface area contributed by atoms with Crippen molar-refractivity contribution in [3.8, 4) is 0 Å². The number of hydrogen-bond acceptors (Lipinski definition) is 2. The Hall–Kier alpha value is -0.870. The molecule has 1 N–H and O–H groups in total. The lowest BCUT2D eigenvalue weighted by molar-refractivity contribution is -0.873. The van der Waals surface area contributed by atoms with Crippen LogP contribution >= 0.6 is 0 Å². The van der Waals surface area contributed by atoms with Gasteiger partial charge in [-0.05, 0) is 0 Å². The highest BCUT2D eigenvalue weighted by Crippen LogP contribution is 2.04. The molecule has 82 valence electrons. The SMILES string of the molecule is C=CCO[C@H](CC(=O)O)C[N+](C)(C)C. The zero-order chi connectivity index (χ0) is 11.2. The van der Waals surface area contributed by atoms with Gasteiger partial charge in [0.1, 0.15) is 12.6 Å². The molecule has 4 heteroatoms. The highest BCUT2D eigenvalue weighted by atomic mass is 16.5. The van der Waals surface area contributed by atoms with E-state index in [0.717, 1.165) is 0 Å². The van der Waals surface area contributed by atoms with Crippen LogP contribution in [0.3, 0.4) is 0 Å². The van der Waals surface area contributed by atoms with E-state index >= 15 is 0 Å². The molecule has 0 bridgehead atoms. The summed E-state index contributed by atoms with van der Waals surface area (Å²) >= 11 is 0. The fourth-order valence-corrected chi connectivity index (χ4v) is 1.19. The van der Waals surface area contributed by atoms with Gasteiger partial charge < -0.3 is 14.3 Å². The summed E-state index contributed by atoms with van der Waals surface area (Å²) in [5, 5.41) is 8.67. The van der Waals surface area contributed by atoms with E-state index in [4.69, 9.17) is 9.84 Å². The van der Waals surface area contributed by atoms with Gasteiger partial charge in [0, 0.05) is 0 Å². The van der Waals surface area contributed by atoms with Crippen LogP contribution in [-0.4, -0.2) is 56.0 Å². The van der Waals surface area contributed by atoms with E-state index in [-0.39, 0.29) is 12.5 Å². The van der Waals surface area contributed by atoms with Crippen LogP contribution in [0.1, 0.15) is 6.42 Å². The molecule has 0 saturated carbocycles. The second-order valence-electron chi connectivity index (χ2n) is 4.31. The Morgan fingerprint density at radius 2 is 2.14 bits per heavy atom. The first-order valence-corrected chi connectivity index (χ1v) is 4.60. The van der Waals surface area contributed by atoms with Crippen LogP contribution in [0, 0.1) is 0 Å². The van der Waals surface area contributed by atoms with Crippen LogP contribution in [0.2, 0.25) is 0 Å². The minimum Gasteiger partial charge on any atom is -0.481 e. The van der Waals surface area contributed by atoms with Gasteiger partial charge in [-0.2, -0.15) is 0 Å². The van der Waals surface area contributed by atoms with Gasteiger partial charge in [-0.25, -0.2) is 0 Å². The number of rotatable bonds is 7. The quantitative estimate of drug-likeness (QED) is 0.489. The van der Waals surface area contributed by atoms with Crippen molar-refractivity contribution in [1.29, 1.82) is 0 Å². The van der Waals surface area contributed by atoms with Gasteiger partial charge in [-0.15, -0.1) is 6.58 Å². The summed E-state index contributed by atoms with van der Waals surface area (Å²) in [5.41, 5.74) is 0. The number of nitrogens with zero attached hydrogens (tertiary/aromatic N) is 1. The molecule has 0 fully saturated rings. The fraction of sp³-hybridized carbons (Fsp3) is 0.700. The summed E-state index contributed by atoms with van der Waals surface area (Å²) in [7, 11) is 6.02. The third kappa shape index (κ3) is 7.76. The largest absolute Gasteiger partial charge is 0.481 e. The second-order valence-corrected chi connectivity index (χ2v) is 4.31. The minimum absolute atomic E-state index is 0.0450. The van der Waals surface area contributed by atoms with Crippen molar-refractivity contribution in [2.75, 3.05) is 34.3 Å². The van der Waals surface area contributed by atoms with Gasteiger partial charge in [0.15, 0.2) is 0 Å². The zero-order valence-corrected chi connectivity index (χ0v) is 9.19. The van der Waals surface area contributed by atoms with Crippen LogP contribution in [0.4, 0.5) is 0 Å². The predicted octanol–water partition coefficient (Wildman–Crippen LogP) is 0.738. The van der Waals surface area contributed by atoms with E-state index < -0.39 is 5.97 Å². The fourth-order valence-electron chi connectivity index (χ4n) is 1.19. The number of carboxylic acid groups (broad SMARTS) is 1. The molecule has 0 heterocycles. The lowest BCUT2D eigenvalue weighted by Crippen LogP contribution is -2.43. The summed E-state index contributed by atoms with van der Waals surface area (Å²) in [6, 6.07) is 0. The van der Waals surface area contributed by atoms with E-state index in [1.807, 2.05) is 21.1 Å². The maximum atomic E-state index is 10.5. The van der Waals surface area contributed by atoms with Crippen LogP contribution in [0.15, 0.2) is 12.7 Å². The summed E-state index contributed by atoms with van der Waals surface area (Å²) < 4.78 is 6.05. The number of aliphatic carboxylic acids is 1. The van der Waals surface area contributed by atoms with Gasteiger partial charge in [0.2, 0.25) is 0 Å². The Morgan fingerprint density at radius 3 is 2.50 bits per heavy atom. The molecule has 0 unspecified atom stereocenters. The third-order valence-electron chi connectivity index (χ3n) is 1.60. The Labute approximate surface area is 85.4 Å². The average Bonchev–Trinajstić information content (AvgIpc) is 1.96. The van der Waals surface area contributed by atoms with Crippen molar-refractivity contribution in [2.45, 2.75) is 12.5 Å². The second kappa shape index (κ2) is 5.78. The maximum Gasteiger partial charge on any atom is 0.306 e. The molecule has 0 aromatic carbocycles. The van der Waals surface area contributed by atoms with Crippen molar-refractivity contribution in [3.05, 3.63) is 12.7 Å². The molecule has 0 aliphatic rings. The first-order chi connectivity index (χ1) is 6.35. The molecule has 0 spiro atoms. The van der Waals surface area contributed by atoms with E-state index in [9.17, 15) is 4.79 Å². The molecule has 0 aliphatic heterocycles. The number of hydrogen-bond donors (Lipinski definition) is 1. The summed E-state index contributed by atoms with van der Waals surface area (Å²) in [4.78, 5) is 10.5. The highest BCUT2D eigenvalue weighted by molar-refractivity contribution is 5.67. The Bertz CT molecular complexity index is 196. The topological polar surface area (TPSA) is 46.5 Å². The van der Waals surface area contributed by atoms with Gasteiger partial charge in [0.05, 0.1) is 34.2 Å². The van der Waals surface area contributed by atoms with Crippen LogP contribution in [0.5, 0.6) is 0 Å². The first-order valence-electron chi connectivity index (χ1n) is 4.60. The standard InChI is InChI=1S/C10H19NO3/c1-5-6-14-9(7-10(12)13)8-11(2,3)4/h5,9H,1,6-8H2,2-4H3/p+1/t9-/m1/s1. The van der Waals surface area contributed by atoms with Crippen molar-refractivity contribution in [1.82, 2.24) is 0 Å². The van der Waals surface area contributed by atoms with Gasteiger partial charge in [-0.3, -0.25) is 4.79 Å². The van der Waals surface area contributed by atoms with E-state index in [1.165, 1.54) is 0 Å². The van der Waals surface area contributed by atoms with Crippen LogP contribution < -0.4 is 0 Å². The molecule has 0 aromatic heterocycles. The van der Waals surface area contributed by atoms with E-state index in [1.54, 1.807) is 6.08 Å². The lowest BCUT2D eigenvalue weighted by Gasteiger charge is -2.28. The maximum absolute atomic E-state index is 10.5. The molecule has 0 aromatic rings. The van der Waals surface area contributed by atoms with Crippen molar-refractivity contribution < 1.29 is 19.1 Å². The van der Waals surface area contributed by atoms with Gasteiger partial charge >= 0.3 is 5.97 Å². The van der Waals surface area contributed by atoms with Crippen molar-refractivity contribution in [3.63, 3.8) is 0 Å². The molecule has 4 nitrogen and oxygen atoms in total. The zero-order valence-electron chi connectivity index (χ0n) is 9.19. The van der Waals surface area contributed by atoms with E-state index in [2.05, 4.69) is 6.58 Å². The van der Waals surface area contributed by atoms with Gasteiger partial charge in [0.25, 0.3) is 0 Å². The molecule has 0 amide bonds. The lowest BCUT2D eigenvalue weighted by atomic mass is 10.2. The normalized spacial score (nSPS) is 13.6. The average molecular weight is 202 g/mol. The molecular formula is C10H20NO3+. The highest BCUT2D eigenvalue weighted by Gasteiger charge is 2.20. The Morgan fingerprint density at radius 1 is 1.57 bits per heavy atom. The van der Waals surface area contributed by atoms with Gasteiger partial charge in [-0.1, -0.05) is 6.08 Å². The molecule has 0 radical (unpaired) electrons. The van der Waals surface area contributed by atoms with Crippen molar-refractivity contribution in [2.24, 2.45) is 0 Å². The van der Waals surface area contributed by atoms with Crippen LogP contribution in [-0.2, 0) is 9.53 Å². The van der Waals surface area contributed by atoms with Crippen molar-refractivity contribution >= 4 is 5.97 Å². The summed E-state index contributed by atoms with van der Waals surface area (Å²) in [6.45, 7) is 4.61. The Kier molecular flexibility index (Phi) is 5.42. The monoisotopic (exact) mass is 202 g/mol. The Balaban J connectivity index is 4.09. The number of quaternary nitrogens is 1. The molecule has 0 saturated heterocycles. The summed E-state index contributed by atoms with van der Waals surface area (Å²) in [5.74, 6) is -0.826. The summed E-state index contributed by atoms with van der Waals surface area (Å²) in [6.07, 6.45) is 1.43. The first kappa shape index (κ1) is 13.1. The molecule has 0 rings (SSSR count). The molecule has 14 heavy (non-hydrogen) atoms. The molecule has 0 aliphatic carbocycles. The number of carboxylic acids is 1. The minimum atomic E-state index is -0.826. The number of likely N-dealkylation sites (N-methyl/N-ethyl adjacent to an activating group) is 1. The molecule has 1 atom stereocenters. The van der Waals surface area contributed by atoms with Crippen LogP contribution in [0.25, 0.3) is 0 Å². The number of ether oxygens (including phenoxy) is 1. The third-order valence-corrected chi connectivity index (χ3v) is 1.60.